The number of fused-ring (bicyclic) bond motifs is 1. The first kappa shape index (κ1) is 15.5. The highest BCUT2D eigenvalue weighted by atomic mass is 32.2. The van der Waals surface area contributed by atoms with Crippen molar-refractivity contribution in [2.75, 3.05) is 7.11 Å². The van der Waals surface area contributed by atoms with Gasteiger partial charge in [0.15, 0.2) is 5.78 Å². The Kier molecular flexibility index (Phi) is 4.57. The number of thioether (sulfide) groups is 1. The number of rotatable bonds is 5. The summed E-state index contributed by atoms with van der Waals surface area (Å²) in [5.74, 6) is 0.809. The lowest BCUT2D eigenvalue weighted by Crippen LogP contribution is -2.13. The average molecular weight is 324 g/mol. The zero-order valence-electron chi connectivity index (χ0n) is 12.9. The number of ether oxygens (including phenoxy) is 1. The number of hydrogen-bond donors (Lipinski definition) is 0. The van der Waals surface area contributed by atoms with Gasteiger partial charge >= 0.3 is 0 Å². The van der Waals surface area contributed by atoms with Crippen LogP contribution in [0.5, 0.6) is 5.75 Å². The monoisotopic (exact) mass is 324 g/mol. The molecule has 0 saturated carbocycles. The van der Waals surface area contributed by atoms with E-state index in [1.807, 2.05) is 31.2 Å². The molecule has 0 saturated heterocycles. The van der Waals surface area contributed by atoms with Gasteiger partial charge in [0.25, 0.3) is 0 Å². The van der Waals surface area contributed by atoms with Crippen LogP contribution < -0.4 is 4.74 Å². The number of methoxy groups -OCH3 is 1. The van der Waals surface area contributed by atoms with Gasteiger partial charge < -0.3 is 4.74 Å². The van der Waals surface area contributed by atoms with Crippen LogP contribution in [0.1, 0.15) is 17.3 Å². The van der Waals surface area contributed by atoms with E-state index in [9.17, 15) is 4.79 Å². The highest BCUT2D eigenvalue weighted by Gasteiger charge is 2.18. The van der Waals surface area contributed by atoms with Gasteiger partial charge in [-0.1, -0.05) is 30.0 Å². The second-order valence-electron chi connectivity index (χ2n) is 5.05. The Morgan fingerprint density at radius 2 is 1.83 bits per heavy atom. The molecule has 1 atom stereocenters. The minimum Gasteiger partial charge on any atom is -0.497 e. The molecule has 0 N–H and O–H groups in total. The molecule has 0 fully saturated rings. The van der Waals surface area contributed by atoms with Crippen LogP contribution in [0.15, 0.2) is 59.9 Å². The molecule has 1 heterocycles. The fraction of sp³-hybridized carbons (Fsp3) is 0.167. The predicted molar refractivity (Wildman–Crippen MR) is 92.2 cm³/mol. The third kappa shape index (κ3) is 3.35. The van der Waals surface area contributed by atoms with Gasteiger partial charge in [0, 0.05) is 10.9 Å². The van der Waals surface area contributed by atoms with Crippen molar-refractivity contribution >= 4 is 28.4 Å². The number of ketones is 1. The maximum atomic E-state index is 12.6. The van der Waals surface area contributed by atoms with Crippen molar-refractivity contribution in [3.05, 3.63) is 60.4 Å². The van der Waals surface area contributed by atoms with Gasteiger partial charge in [-0.3, -0.25) is 4.79 Å². The Bertz CT molecular complexity index is 829. The Hall–Kier alpha value is -2.40. The quantitative estimate of drug-likeness (QED) is 0.403. The largest absolute Gasteiger partial charge is 0.497 e. The molecule has 0 aliphatic heterocycles. The third-order valence-electron chi connectivity index (χ3n) is 3.54. The van der Waals surface area contributed by atoms with E-state index in [0.717, 1.165) is 21.7 Å². The van der Waals surface area contributed by atoms with Crippen LogP contribution in [0.2, 0.25) is 0 Å². The highest BCUT2D eigenvalue weighted by Crippen LogP contribution is 2.29. The lowest BCUT2D eigenvalue weighted by molar-refractivity contribution is 0.0994. The summed E-state index contributed by atoms with van der Waals surface area (Å²) in [7, 11) is 1.61. The Morgan fingerprint density at radius 3 is 2.57 bits per heavy atom. The molecule has 5 heteroatoms. The second-order valence-corrected chi connectivity index (χ2v) is 6.38. The van der Waals surface area contributed by atoms with Gasteiger partial charge in [-0.05, 0) is 37.3 Å². The zero-order chi connectivity index (χ0) is 16.2. The van der Waals surface area contributed by atoms with Crippen molar-refractivity contribution in [3.8, 4) is 5.75 Å². The average Bonchev–Trinajstić information content (AvgIpc) is 2.61. The maximum absolute atomic E-state index is 12.6. The maximum Gasteiger partial charge on any atom is 0.175 e. The Labute approximate surface area is 138 Å². The fourth-order valence-corrected chi connectivity index (χ4v) is 3.27. The zero-order valence-corrected chi connectivity index (χ0v) is 13.7. The van der Waals surface area contributed by atoms with Crippen molar-refractivity contribution in [3.63, 3.8) is 0 Å². The van der Waals surface area contributed by atoms with Crippen molar-refractivity contribution in [2.24, 2.45) is 0 Å². The molecule has 0 radical (unpaired) electrons. The van der Waals surface area contributed by atoms with E-state index in [4.69, 9.17) is 4.74 Å². The van der Waals surface area contributed by atoms with E-state index >= 15 is 0 Å². The number of hydrogen-bond acceptors (Lipinski definition) is 5. The summed E-state index contributed by atoms with van der Waals surface area (Å²) in [4.78, 5) is 21.2. The smallest absolute Gasteiger partial charge is 0.175 e. The van der Waals surface area contributed by atoms with Gasteiger partial charge in [-0.15, -0.1) is 0 Å². The molecule has 1 aromatic heterocycles. The van der Waals surface area contributed by atoms with Gasteiger partial charge in [-0.25, -0.2) is 9.97 Å². The van der Waals surface area contributed by atoms with Crippen molar-refractivity contribution < 1.29 is 9.53 Å². The van der Waals surface area contributed by atoms with E-state index < -0.39 is 0 Å². The lowest BCUT2D eigenvalue weighted by atomic mass is 10.1. The number of para-hydroxylation sites is 1. The fourth-order valence-electron chi connectivity index (χ4n) is 2.28. The molecule has 3 aromatic rings. The van der Waals surface area contributed by atoms with Gasteiger partial charge in [0.05, 0.1) is 17.9 Å². The third-order valence-corrected chi connectivity index (χ3v) is 4.65. The van der Waals surface area contributed by atoms with E-state index in [2.05, 4.69) is 9.97 Å². The lowest BCUT2D eigenvalue weighted by Gasteiger charge is -2.11. The van der Waals surface area contributed by atoms with Crippen molar-refractivity contribution in [1.29, 1.82) is 0 Å². The van der Waals surface area contributed by atoms with Gasteiger partial charge in [-0.2, -0.15) is 0 Å². The minimum absolute atomic E-state index is 0.0698. The molecule has 0 amide bonds. The molecule has 23 heavy (non-hydrogen) atoms. The van der Waals surface area contributed by atoms with E-state index in [-0.39, 0.29) is 11.0 Å². The van der Waals surface area contributed by atoms with Crippen molar-refractivity contribution in [2.45, 2.75) is 17.2 Å². The standard InChI is InChI=1S/C18H16N2O2S/c1-12(17(21)13-7-9-14(22-2)10-8-13)23-18-15-5-3-4-6-16(15)19-11-20-18/h3-12H,1-2H3. The van der Waals surface area contributed by atoms with Crippen molar-refractivity contribution in [1.82, 2.24) is 9.97 Å². The molecule has 3 rings (SSSR count). The highest BCUT2D eigenvalue weighted by molar-refractivity contribution is 8.00. The van der Waals surface area contributed by atoms with E-state index in [1.165, 1.54) is 18.1 Å². The summed E-state index contributed by atoms with van der Waals surface area (Å²) in [5, 5.41) is 1.56. The molecule has 116 valence electrons. The molecular formula is C18H16N2O2S. The molecule has 0 aliphatic carbocycles. The van der Waals surface area contributed by atoms with Gasteiger partial charge in [0.1, 0.15) is 17.1 Å². The second kappa shape index (κ2) is 6.79. The molecule has 0 bridgehead atoms. The first-order chi connectivity index (χ1) is 11.2. The Morgan fingerprint density at radius 1 is 1.09 bits per heavy atom. The van der Waals surface area contributed by atoms with Crippen LogP contribution in [-0.2, 0) is 0 Å². The molecule has 4 nitrogen and oxygen atoms in total. The summed E-state index contributed by atoms with van der Waals surface area (Å²) in [6.45, 7) is 1.90. The SMILES string of the molecule is COc1ccc(C(=O)C(C)Sc2ncnc3ccccc23)cc1. The van der Waals surface area contributed by atoms with E-state index in [1.54, 1.807) is 31.4 Å². The summed E-state index contributed by atoms with van der Waals surface area (Å²) in [6.07, 6.45) is 1.54. The Balaban J connectivity index is 1.82. The molecule has 2 aromatic carbocycles. The first-order valence-corrected chi connectivity index (χ1v) is 8.11. The summed E-state index contributed by atoms with van der Waals surface area (Å²) in [5.41, 5.74) is 1.55. The summed E-state index contributed by atoms with van der Waals surface area (Å²) in [6, 6.07) is 15.0. The summed E-state index contributed by atoms with van der Waals surface area (Å²) < 4.78 is 5.12. The number of carbonyl (C=O) groups is 1. The topological polar surface area (TPSA) is 52.1 Å². The van der Waals surface area contributed by atoms with Crippen LogP contribution in [0.25, 0.3) is 10.9 Å². The van der Waals surface area contributed by atoms with Crippen LogP contribution >= 0.6 is 11.8 Å². The van der Waals surface area contributed by atoms with Crippen LogP contribution in [0.4, 0.5) is 0 Å². The molecular weight excluding hydrogens is 308 g/mol. The normalized spacial score (nSPS) is 12.1. The minimum atomic E-state index is -0.235. The number of carbonyl (C=O) groups excluding carboxylic acids is 1. The predicted octanol–water partition coefficient (Wildman–Crippen LogP) is 4.00. The van der Waals surface area contributed by atoms with Crippen LogP contribution in [0, 0.1) is 0 Å². The number of Topliss-reactive ketones (excluding diaryl/α,β-unsaturated/α-hetero) is 1. The number of nitrogens with zero attached hydrogens (tertiary/aromatic N) is 2. The van der Waals surface area contributed by atoms with Crippen LogP contribution in [0.3, 0.4) is 0 Å². The molecule has 1 unspecified atom stereocenters. The summed E-state index contributed by atoms with van der Waals surface area (Å²) >= 11 is 1.45. The molecule has 0 aliphatic rings. The van der Waals surface area contributed by atoms with Gasteiger partial charge in [0.2, 0.25) is 0 Å². The number of aromatic nitrogens is 2. The number of benzene rings is 2. The van der Waals surface area contributed by atoms with E-state index in [0.29, 0.717) is 5.56 Å². The first-order valence-electron chi connectivity index (χ1n) is 7.23. The van der Waals surface area contributed by atoms with Crippen LogP contribution in [-0.4, -0.2) is 28.1 Å². The molecule has 0 spiro atoms.